The molecule has 1 aliphatic carbocycles. The zero-order chi connectivity index (χ0) is 19.6. The Morgan fingerprint density at radius 2 is 1.81 bits per heavy atom. The fourth-order valence-corrected chi connectivity index (χ4v) is 6.70. The molecule has 26 heavy (non-hydrogen) atoms. The molecule has 0 radical (unpaired) electrons. The van der Waals surface area contributed by atoms with Gasteiger partial charge in [0.25, 0.3) is 0 Å². The van der Waals surface area contributed by atoms with Gasteiger partial charge in [-0.25, -0.2) is 8.42 Å². The average molecular weight is 386 g/mol. The van der Waals surface area contributed by atoms with Crippen LogP contribution in [0.3, 0.4) is 0 Å². The van der Waals surface area contributed by atoms with Gasteiger partial charge in [-0.3, -0.25) is 4.99 Å². The Hall–Kier alpha value is -0.780. The molecule has 152 valence electrons. The predicted octanol–water partition coefficient (Wildman–Crippen LogP) is 3.36. The van der Waals surface area contributed by atoms with Gasteiger partial charge >= 0.3 is 0 Å². The zero-order valence-electron chi connectivity index (χ0n) is 17.6. The molecule has 1 aliphatic heterocycles. The molecule has 5 nitrogen and oxygen atoms in total. The summed E-state index contributed by atoms with van der Waals surface area (Å²) < 4.78 is 23.4. The first-order valence-corrected chi connectivity index (χ1v) is 12.0. The smallest absolute Gasteiger partial charge is 0.191 e. The van der Waals surface area contributed by atoms with E-state index in [9.17, 15) is 8.42 Å². The lowest BCUT2D eigenvalue weighted by molar-refractivity contribution is 0.0917. The van der Waals surface area contributed by atoms with Crippen molar-refractivity contribution in [3.8, 4) is 0 Å². The van der Waals surface area contributed by atoms with Gasteiger partial charge in [0.15, 0.2) is 15.8 Å². The minimum Gasteiger partial charge on any atom is -0.354 e. The molecule has 0 amide bonds. The minimum atomic E-state index is -2.84. The summed E-state index contributed by atoms with van der Waals surface area (Å²) in [5, 5.41) is 7.17. The van der Waals surface area contributed by atoms with Crippen molar-refractivity contribution in [3.05, 3.63) is 0 Å². The first-order valence-electron chi connectivity index (χ1n) is 10.2. The van der Waals surface area contributed by atoms with Crippen LogP contribution in [0, 0.1) is 16.7 Å². The van der Waals surface area contributed by atoms with Crippen LogP contribution in [0.25, 0.3) is 0 Å². The highest BCUT2D eigenvalue weighted by Gasteiger charge is 2.38. The van der Waals surface area contributed by atoms with Crippen molar-refractivity contribution in [2.75, 3.05) is 18.1 Å². The third-order valence-electron chi connectivity index (χ3n) is 5.73. The zero-order valence-corrected chi connectivity index (χ0v) is 18.4. The van der Waals surface area contributed by atoms with Crippen molar-refractivity contribution in [3.63, 3.8) is 0 Å². The summed E-state index contributed by atoms with van der Waals surface area (Å²) in [4.78, 5) is 4.78. The van der Waals surface area contributed by atoms with Crippen molar-refractivity contribution < 1.29 is 8.42 Å². The minimum absolute atomic E-state index is 0.162. The van der Waals surface area contributed by atoms with Crippen molar-refractivity contribution in [2.24, 2.45) is 21.7 Å². The molecular formula is C20H39N3O2S. The number of nitrogens with zero attached hydrogens (tertiary/aromatic N) is 1. The highest BCUT2D eigenvalue weighted by Crippen LogP contribution is 2.45. The SMILES string of the molecule is CCC(C)NC(=NCC1CCS(=O)(=O)C1)NC1CC(C)(C)CC(C)(C)C1. The maximum atomic E-state index is 11.7. The van der Waals surface area contributed by atoms with Gasteiger partial charge < -0.3 is 10.6 Å². The maximum Gasteiger partial charge on any atom is 0.191 e. The van der Waals surface area contributed by atoms with Crippen LogP contribution in [0.4, 0.5) is 0 Å². The molecule has 1 heterocycles. The van der Waals surface area contributed by atoms with E-state index in [-0.39, 0.29) is 11.7 Å². The number of hydrogen-bond acceptors (Lipinski definition) is 3. The number of rotatable bonds is 5. The molecule has 2 fully saturated rings. The summed E-state index contributed by atoms with van der Waals surface area (Å²) in [6, 6.07) is 0.745. The number of nitrogens with one attached hydrogen (secondary N) is 2. The summed E-state index contributed by atoms with van der Waals surface area (Å²) in [5.41, 5.74) is 0.640. The van der Waals surface area contributed by atoms with Crippen LogP contribution in [0.2, 0.25) is 0 Å². The Kier molecular flexibility index (Phi) is 6.68. The second kappa shape index (κ2) is 8.07. The van der Waals surface area contributed by atoms with Crippen LogP contribution in [0.15, 0.2) is 4.99 Å². The standard InChI is InChI=1S/C20H39N3O2S/c1-7-15(2)22-18(21-12-16-8-9-26(24,25)13-16)23-17-10-19(3,4)14-20(5,6)11-17/h15-17H,7-14H2,1-6H3,(H2,21,22,23). The lowest BCUT2D eigenvalue weighted by Gasteiger charge is -2.45. The van der Waals surface area contributed by atoms with Gasteiger partial charge in [0.05, 0.1) is 11.5 Å². The second-order valence-corrected chi connectivity index (χ2v) is 12.4. The maximum absolute atomic E-state index is 11.7. The van der Waals surface area contributed by atoms with E-state index in [4.69, 9.17) is 4.99 Å². The molecule has 2 rings (SSSR count). The van der Waals surface area contributed by atoms with Crippen LogP contribution in [0.5, 0.6) is 0 Å². The Morgan fingerprint density at radius 3 is 2.31 bits per heavy atom. The number of guanidine groups is 1. The fourth-order valence-electron chi connectivity index (χ4n) is 4.85. The molecule has 0 spiro atoms. The van der Waals surface area contributed by atoms with Crippen LogP contribution < -0.4 is 10.6 Å². The van der Waals surface area contributed by atoms with Gasteiger partial charge in [-0.2, -0.15) is 0 Å². The molecular weight excluding hydrogens is 346 g/mol. The molecule has 0 aromatic heterocycles. The molecule has 2 atom stereocenters. The molecule has 2 aliphatic rings. The van der Waals surface area contributed by atoms with Crippen LogP contribution in [-0.4, -0.2) is 44.5 Å². The third-order valence-corrected chi connectivity index (χ3v) is 7.56. The van der Waals surface area contributed by atoms with Gasteiger partial charge in [-0.05, 0) is 55.8 Å². The van der Waals surface area contributed by atoms with E-state index in [0.717, 1.165) is 31.6 Å². The molecule has 0 bridgehead atoms. The summed E-state index contributed by atoms with van der Waals surface area (Å²) >= 11 is 0. The Morgan fingerprint density at radius 1 is 1.19 bits per heavy atom. The topological polar surface area (TPSA) is 70.6 Å². The van der Waals surface area contributed by atoms with Crippen molar-refractivity contribution in [2.45, 2.75) is 85.7 Å². The molecule has 2 unspecified atom stereocenters. The summed E-state index contributed by atoms with van der Waals surface area (Å²) in [6.07, 6.45) is 5.28. The molecule has 6 heteroatoms. The number of hydrogen-bond donors (Lipinski definition) is 2. The largest absolute Gasteiger partial charge is 0.354 e. The molecule has 1 saturated carbocycles. The molecule has 0 aromatic rings. The Bertz CT molecular complexity index is 595. The predicted molar refractivity (Wildman–Crippen MR) is 110 cm³/mol. The van der Waals surface area contributed by atoms with Crippen LogP contribution in [0.1, 0.15) is 73.6 Å². The highest BCUT2D eigenvalue weighted by atomic mass is 32.2. The van der Waals surface area contributed by atoms with Gasteiger partial charge in [0, 0.05) is 18.6 Å². The summed E-state index contributed by atoms with van der Waals surface area (Å²) in [7, 11) is -2.84. The molecule has 1 saturated heterocycles. The number of sulfone groups is 1. The van der Waals surface area contributed by atoms with Gasteiger partial charge in [-0.1, -0.05) is 34.6 Å². The number of aliphatic imine (C=N–C) groups is 1. The van der Waals surface area contributed by atoms with E-state index in [0.29, 0.717) is 35.2 Å². The lowest BCUT2D eigenvalue weighted by Crippen LogP contribution is -2.51. The van der Waals surface area contributed by atoms with Crippen molar-refractivity contribution >= 4 is 15.8 Å². The Labute approximate surface area is 160 Å². The second-order valence-electron chi connectivity index (χ2n) is 10.2. The quantitative estimate of drug-likeness (QED) is 0.562. The van der Waals surface area contributed by atoms with Crippen molar-refractivity contribution in [1.82, 2.24) is 10.6 Å². The summed E-state index contributed by atoms with van der Waals surface area (Å²) in [5.74, 6) is 1.62. The van der Waals surface area contributed by atoms with Crippen molar-refractivity contribution in [1.29, 1.82) is 0 Å². The fraction of sp³-hybridized carbons (Fsp3) is 0.950. The van der Waals surface area contributed by atoms with Crippen LogP contribution in [-0.2, 0) is 9.84 Å². The van der Waals surface area contributed by atoms with E-state index in [2.05, 4.69) is 52.2 Å². The summed E-state index contributed by atoms with van der Waals surface area (Å²) in [6.45, 7) is 14.3. The van der Waals surface area contributed by atoms with Gasteiger partial charge in [-0.15, -0.1) is 0 Å². The van der Waals surface area contributed by atoms with Gasteiger partial charge in [0.1, 0.15) is 0 Å². The molecule has 0 aromatic carbocycles. The first kappa shape index (κ1) is 21.5. The van der Waals surface area contributed by atoms with Crippen LogP contribution >= 0.6 is 0 Å². The monoisotopic (exact) mass is 385 g/mol. The normalized spacial score (nSPS) is 29.3. The van der Waals surface area contributed by atoms with E-state index in [1.165, 1.54) is 6.42 Å². The average Bonchev–Trinajstić information content (AvgIpc) is 2.80. The van der Waals surface area contributed by atoms with E-state index in [1.807, 2.05) is 0 Å². The van der Waals surface area contributed by atoms with Gasteiger partial charge in [0.2, 0.25) is 0 Å². The molecule has 2 N–H and O–H groups in total. The highest BCUT2D eigenvalue weighted by molar-refractivity contribution is 7.91. The third kappa shape index (κ3) is 6.75. The first-order chi connectivity index (χ1) is 11.9. The Balaban J connectivity index is 2.05. The van der Waals surface area contributed by atoms with E-state index in [1.54, 1.807) is 0 Å². The lowest BCUT2D eigenvalue weighted by atomic mass is 9.63. The van der Waals surface area contributed by atoms with E-state index >= 15 is 0 Å². The van der Waals surface area contributed by atoms with E-state index < -0.39 is 9.84 Å².